The zero-order valence-corrected chi connectivity index (χ0v) is 33.8. The van der Waals surface area contributed by atoms with E-state index in [0.717, 1.165) is 55.7 Å². The van der Waals surface area contributed by atoms with Gasteiger partial charge in [0.1, 0.15) is 55.6 Å². The molecule has 0 spiro atoms. The van der Waals surface area contributed by atoms with Crippen molar-refractivity contribution in [2.45, 2.75) is 63.2 Å². The zero-order valence-electron chi connectivity index (χ0n) is 33.8. The molecule has 19 nitrogen and oxygen atoms in total. The second-order valence-electron chi connectivity index (χ2n) is 14.8. The molecule has 4 N–H and O–H groups in total. The first kappa shape index (κ1) is 44.8. The van der Waals surface area contributed by atoms with E-state index in [-0.39, 0.29) is 37.1 Å². The Balaban J connectivity index is 0.000000428. The van der Waals surface area contributed by atoms with Crippen molar-refractivity contribution >= 4 is 29.3 Å². The largest absolute Gasteiger partial charge is 0.491 e. The van der Waals surface area contributed by atoms with Gasteiger partial charge in [0.25, 0.3) is 0 Å². The second-order valence-corrected chi connectivity index (χ2v) is 14.8. The highest BCUT2D eigenvalue weighted by Gasteiger charge is 2.46. The van der Waals surface area contributed by atoms with Crippen LogP contribution in [0.4, 0.5) is 20.2 Å². The third-order valence-electron chi connectivity index (χ3n) is 10.4. The average molecular weight is 865 g/mol. The van der Waals surface area contributed by atoms with Crippen LogP contribution in [0.1, 0.15) is 44.7 Å². The summed E-state index contributed by atoms with van der Waals surface area (Å²) in [4.78, 5) is 51.9. The number of anilines is 2. The summed E-state index contributed by atoms with van der Waals surface area (Å²) in [5, 5.41) is 42.2. The van der Waals surface area contributed by atoms with E-state index in [2.05, 4.69) is 37.1 Å². The Bertz CT molecular complexity index is 2350. The van der Waals surface area contributed by atoms with Gasteiger partial charge in [0.05, 0.1) is 31.2 Å². The molecule has 3 atom stereocenters. The summed E-state index contributed by atoms with van der Waals surface area (Å²) in [5.74, 6) is -7.32. The topological polar surface area (TPSA) is 237 Å². The Morgan fingerprint density at radius 2 is 1.48 bits per heavy atom. The Hall–Kier alpha value is -6.71. The quantitative estimate of drug-likeness (QED) is 0.111. The zero-order chi connectivity index (χ0) is 44.6. The monoisotopic (exact) mass is 864 g/mol. The smallest absolute Gasteiger partial charge is 0.350 e. The molecule has 7 rings (SSSR count). The molecule has 0 unspecified atom stereocenters. The Morgan fingerprint density at radius 3 is 2.02 bits per heavy atom. The van der Waals surface area contributed by atoms with Crippen molar-refractivity contribution < 1.29 is 57.8 Å². The summed E-state index contributed by atoms with van der Waals surface area (Å²) in [7, 11) is 0. The fourth-order valence-electron chi connectivity index (χ4n) is 6.95. The SMILES string of the molecule is CC[C@H](C)n1ncn(-c2ccc(N3CCN(c4ccc(OC[C@H]5CO[C@](Cn6cncn6)(c6ccc(F)cc6F)O5)cc4)CC3)cc2)c1=O.O=C(O)CC(O)(CC(=O)O)C(=O)O. The maximum atomic E-state index is 14.9. The number of halogens is 2. The van der Waals surface area contributed by atoms with Crippen LogP contribution >= 0.6 is 0 Å². The number of piperazine rings is 1. The molecule has 0 radical (unpaired) electrons. The highest BCUT2D eigenvalue weighted by Crippen LogP contribution is 2.38. The van der Waals surface area contributed by atoms with Crippen molar-refractivity contribution in [3.8, 4) is 11.4 Å². The lowest BCUT2D eigenvalue weighted by atomic mass is 9.96. The van der Waals surface area contributed by atoms with Crippen LogP contribution in [-0.2, 0) is 36.2 Å². The number of aliphatic carboxylic acids is 3. The van der Waals surface area contributed by atoms with Crippen molar-refractivity contribution in [3.05, 3.63) is 113 Å². The number of hydrogen-bond acceptors (Lipinski definition) is 13. The maximum Gasteiger partial charge on any atom is 0.350 e. The fraction of sp³-hybridized carbons (Fsp3) is 0.390. The van der Waals surface area contributed by atoms with Gasteiger partial charge in [-0.3, -0.25) is 9.59 Å². The number of carbonyl (C=O) groups is 3. The summed E-state index contributed by atoms with van der Waals surface area (Å²) in [6, 6.07) is 19.3. The summed E-state index contributed by atoms with van der Waals surface area (Å²) in [5.41, 5.74) is 0.212. The molecule has 3 aromatic carbocycles. The number of nitrogens with zero attached hydrogens (tertiary/aromatic N) is 8. The molecule has 0 saturated carbocycles. The van der Waals surface area contributed by atoms with Gasteiger partial charge in [-0.1, -0.05) is 6.92 Å². The molecule has 330 valence electrons. The second kappa shape index (κ2) is 19.3. The van der Waals surface area contributed by atoms with Crippen LogP contribution < -0.4 is 20.2 Å². The number of aliphatic hydroxyl groups is 1. The van der Waals surface area contributed by atoms with Crippen molar-refractivity contribution in [1.29, 1.82) is 0 Å². The lowest BCUT2D eigenvalue weighted by Crippen LogP contribution is -2.46. The molecule has 2 fully saturated rings. The van der Waals surface area contributed by atoms with Crippen LogP contribution in [0.5, 0.6) is 5.75 Å². The molecule has 0 bridgehead atoms. The number of benzene rings is 3. The van der Waals surface area contributed by atoms with Gasteiger partial charge in [0.15, 0.2) is 5.60 Å². The molecule has 5 aromatic rings. The van der Waals surface area contributed by atoms with Gasteiger partial charge in [-0.2, -0.15) is 10.2 Å². The van der Waals surface area contributed by atoms with Crippen molar-refractivity contribution in [1.82, 2.24) is 29.1 Å². The lowest BCUT2D eigenvalue weighted by molar-refractivity contribution is -0.192. The van der Waals surface area contributed by atoms with E-state index in [1.54, 1.807) is 10.9 Å². The average Bonchev–Trinajstić information content (AvgIpc) is 4.01. The first-order valence-electron chi connectivity index (χ1n) is 19.6. The number of ether oxygens (including phenoxy) is 3. The van der Waals surface area contributed by atoms with Gasteiger partial charge in [0, 0.05) is 49.2 Å². The van der Waals surface area contributed by atoms with E-state index in [1.165, 1.54) is 34.2 Å². The molecule has 21 heteroatoms. The number of aromatic nitrogens is 6. The van der Waals surface area contributed by atoms with E-state index < -0.39 is 59.9 Å². The lowest BCUT2D eigenvalue weighted by Gasteiger charge is -2.37. The predicted molar refractivity (Wildman–Crippen MR) is 215 cm³/mol. The van der Waals surface area contributed by atoms with Crippen LogP contribution in [-0.4, -0.2) is 119 Å². The van der Waals surface area contributed by atoms with E-state index in [0.29, 0.717) is 5.75 Å². The van der Waals surface area contributed by atoms with Crippen LogP contribution in [0.3, 0.4) is 0 Å². The molecule has 4 heterocycles. The summed E-state index contributed by atoms with van der Waals surface area (Å²) >= 11 is 0. The minimum atomic E-state index is -2.74. The summed E-state index contributed by atoms with van der Waals surface area (Å²) < 4.78 is 51.4. The number of hydrogen-bond donors (Lipinski definition) is 4. The molecule has 2 aliphatic heterocycles. The van der Waals surface area contributed by atoms with E-state index in [4.69, 9.17) is 34.6 Å². The third kappa shape index (κ3) is 10.6. The van der Waals surface area contributed by atoms with Gasteiger partial charge >= 0.3 is 23.6 Å². The van der Waals surface area contributed by atoms with Crippen LogP contribution in [0.2, 0.25) is 0 Å². The van der Waals surface area contributed by atoms with E-state index >= 15 is 0 Å². The van der Waals surface area contributed by atoms with Crippen molar-refractivity contribution in [2.75, 3.05) is 49.2 Å². The van der Waals surface area contributed by atoms with Crippen LogP contribution in [0.25, 0.3) is 5.69 Å². The van der Waals surface area contributed by atoms with Gasteiger partial charge in [-0.15, -0.1) is 0 Å². The molecular weight excluding hydrogens is 818 g/mol. The van der Waals surface area contributed by atoms with Gasteiger partial charge < -0.3 is 44.4 Å². The molecule has 62 heavy (non-hydrogen) atoms. The molecule has 2 aromatic heterocycles. The van der Waals surface area contributed by atoms with Crippen LogP contribution in [0.15, 0.2) is 90.5 Å². The van der Waals surface area contributed by atoms with E-state index in [1.807, 2.05) is 50.2 Å². The highest BCUT2D eigenvalue weighted by molar-refractivity contribution is 5.88. The number of carboxylic acids is 3. The summed E-state index contributed by atoms with van der Waals surface area (Å²) in [6.07, 6.45) is 2.48. The summed E-state index contributed by atoms with van der Waals surface area (Å²) in [6.45, 7) is 7.80. The fourth-order valence-corrected chi connectivity index (χ4v) is 6.95. The number of rotatable bonds is 16. The standard InChI is InChI=1S/C35H38F2N8O4.C6H8O7/c1-3-25(2)45-34(46)44(24-40-45)29-7-5-27(6-8-29)41-14-16-42(17-15-41)28-9-11-30(12-10-28)47-19-31-20-48-35(49-31,21-43-23-38-22-39-43)32-13-4-26(36)18-33(32)37;7-3(8)1-6(13,5(11)12)2-4(9)10/h4-13,18,22-25,31H,3,14-17,19-21H2,1-2H3;13H,1-2H2,(H,7,8)(H,9,10)(H,11,12)/t25-,31-,35-;/m0./s1. The van der Waals surface area contributed by atoms with Gasteiger partial charge in [-0.05, 0) is 74.0 Å². The Kier molecular flexibility index (Phi) is 14.0. The first-order chi connectivity index (χ1) is 29.6. The third-order valence-corrected chi connectivity index (χ3v) is 10.4. The van der Waals surface area contributed by atoms with Crippen molar-refractivity contribution in [2.24, 2.45) is 0 Å². The highest BCUT2D eigenvalue weighted by atomic mass is 19.1. The van der Waals surface area contributed by atoms with Gasteiger partial charge in [0.2, 0.25) is 5.79 Å². The maximum absolute atomic E-state index is 14.9. The number of carboxylic acid groups (broad SMARTS) is 3. The normalized spacial score (nSPS) is 18.2. The predicted octanol–water partition coefficient (Wildman–Crippen LogP) is 3.30. The minimum Gasteiger partial charge on any atom is -0.491 e. The Labute approximate surface area is 352 Å². The van der Waals surface area contributed by atoms with Gasteiger partial charge in [-0.25, -0.2) is 37.3 Å². The molecule has 0 amide bonds. The van der Waals surface area contributed by atoms with Crippen LogP contribution in [0, 0.1) is 11.6 Å². The molecule has 2 saturated heterocycles. The molecule has 0 aliphatic carbocycles. The molecule has 2 aliphatic rings. The molecular formula is C41H46F2N8O11. The Morgan fingerprint density at radius 1 is 0.887 bits per heavy atom. The minimum absolute atomic E-state index is 0.0334. The van der Waals surface area contributed by atoms with Crippen molar-refractivity contribution in [3.63, 3.8) is 0 Å². The van der Waals surface area contributed by atoms with E-state index in [9.17, 15) is 28.0 Å². The first-order valence-corrected chi connectivity index (χ1v) is 19.6.